The molecule has 0 spiro atoms. The van der Waals surface area contributed by atoms with E-state index in [4.69, 9.17) is 74.3 Å². The van der Waals surface area contributed by atoms with E-state index in [9.17, 15) is 0 Å². The Hall–Kier alpha value is -6.92. The largest absolute Gasteiger partial charge is 0.491 e. The number of nitrogens with two attached hydrogens (primary N) is 8. The molecule has 0 aromatic heterocycles. The van der Waals surface area contributed by atoms with Gasteiger partial charge in [0.2, 0.25) is 0 Å². The number of guanidine groups is 4. The highest BCUT2D eigenvalue weighted by Crippen LogP contribution is 2.41. The Morgan fingerprint density at radius 3 is 0.694 bits per heavy atom. The van der Waals surface area contributed by atoms with Crippen molar-refractivity contribution in [3.05, 3.63) is 115 Å². The third kappa shape index (κ3) is 11.3. The second kappa shape index (κ2) is 20.1. The third-order valence-electron chi connectivity index (χ3n) is 10.4. The molecule has 5 aliphatic rings. The standard InChI is InChI=1S/C44H56N12O6/c45-41(46)53-21-25-9-29-17-31-11-26(22-54-42(47)48)15-35-19-33-13-28(24-56-44(51)52)14-34-20-36-16-27(23-55-43(49)50)12-32(40(36)62-8-4-58-3-7-61-39(31)35)18-30(10-25)37(29)59-5-1-57-2-6-60-38(33)34/h9-16H,1-8,17-24H2,(H4,45,46,53)(H4,47,48,54)(H4,49,50,55)(H4,51,52,56). The molecule has 4 aliphatic heterocycles. The molecular weight excluding hydrogens is 793 g/mol. The monoisotopic (exact) mass is 848 g/mol. The predicted octanol–water partition coefficient (Wildman–Crippen LogP) is 1.03. The topological polar surface area (TPSA) is 313 Å². The van der Waals surface area contributed by atoms with Gasteiger partial charge in [0.1, 0.15) is 49.4 Å². The molecule has 0 amide bonds. The maximum absolute atomic E-state index is 6.75. The molecule has 1 aliphatic carbocycles. The summed E-state index contributed by atoms with van der Waals surface area (Å²) in [6.07, 6.45) is 1.54. The summed E-state index contributed by atoms with van der Waals surface area (Å²) in [5.41, 5.74) is 57.5. The van der Waals surface area contributed by atoms with Crippen LogP contribution in [0.4, 0.5) is 0 Å². The average Bonchev–Trinajstić information content (AvgIpc) is 3.21. The Labute approximate surface area is 360 Å². The van der Waals surface area contributed by atoms with Crippen molar-refractivity contribution in [1.82, 2.24) is 0 Å². The maximum atomic E-state index is 6.75. The second-order valence-electron chi connectivity index (χ2n) is 15.3. The molecule has 18 heteroatoms. The second-order valence-corrected chi connectivity index (χ2v) is 15.3. The van der Waals surface area contributed by atoms with Crippen LogP contribution in [0.3, 0.4) is 0 Å². The van der Waals surface area contributed by atoms with Gasteiger partial charge in [-0.1, -0.05) is 0 Å². The highest BCUT2D eigenvalue weighted by Gasteiger charge is 2.25. The molecule has 12 bridgehead atoms. The Morgan fingerprint density at radius 2 is 0.516 bits per heavy atom. The first-order valence-electron chi connectivity index (χ1n) is 20.5. The van der Waals surface area contributed by atoms with Gasteiger partial charge in [-0.3, -0.25) is 0 Å². The van der Waals surface area contributed by atoms with E-state index in [1.807, 2.05) is 0 Å². The summed E-state index contributed by atoms with van der Waals surface area (Å²) in [5, 5.41) is 0. The Bertz CT molecular complexity index is 1960. The first-order chi connectivity index (χ1) is 30.0. The summed E-state index contributed by atoms with van der Waals surface area (Å²) in [4.78, 5) is 17.6. The number of nitrogens with zero attached hydrogens (tertiary/aromatic N) is 4. The zero-order valence-corrected chi connectivity index (χ0v) is 34.8. The highest BCUT2D eigenvalue weighted by atomic mass is 16.6. The van der Waals surface area contributed by atoms with Crippen LogP contribution in [0.5, 0.6) is 23.0 Å². The van der Waals surface area contributed by atoms with Crippen LogP contribution < -0.4 is 64.8 Å². The SMILES string of the molecule is NC(N)=NCc1cc2c3c(c1)Cc1cc(CN=C(N)N)cc4c1OCCOCCOc1c(cc(CN=C(N)N)cc1Cc1cc(CN=C(N)N)cc(c1OCCOCCO3)C4)C2. The van der Waals surface area contributed by atoms with E-state index >= 15 is 0 Å². The average molecular weight is 849 g/mol. The van der Waals surface area contributed by atoms with Crippen LogP contribution in [0.1, 0.15) is 66.8 Å². The van der Waals surface area contributed by atoms with Gasteiger partial charge in [0.15, 0.2) is 23.8 Å². The van der Waals surface area contributed by atoms with Crippen molar-refractivity contribution in [1.29, 1.82) is 0 Å². The molecule has 0 atom stereocenters. The van der Waals surface area contributed by atoms with Crippen LogP contribution in [-0.4, -0.2) is 76.7 Å². The van der Waals surface area contributed by atoms with Crippen LogP contribution in [-0.2, 0) is 61.3 Å². The Morgan fingerprint density at radius 1 is 0.323 bits per heavy atom. The van der Waals surface area contributed by atoms with Crippen molar-refractivity contribution in [2.75, 3.05) is 52.9 Å². The van der Waals surface area contributed by atoms with Crippen molar-refractivity contribution in [3.63, 3.8) is 0 Å². The molecule has 4 aromatic rings. The minimum atomic E-state index is -0.0216. The van der Waals surface area contributed by atoms with E-state index in [0.717, 1.165) is 66.8 Å². The van der Waals surface area contributed by atoms with Gasteiger partial charge in [0.05, 0.1) is 52.6 Å². The fourth-order valence-corrected chi connectivity index (χ4v) is 8.03. The third-order valence-corrected chi connectivity index (χ3v) is 10.4. The summed E-state index contributed by atoms with van der Waals surface area (Å²) in [5.74, 6) is 2.67. The minimum absolute atomic E-state index is 0.0216. The smallest absolute Gasteiger partial charge is 0.186 e. The first-order valence-corrected chi connectivity index (χ1v) is 20.5. The highest BCUT2D eigenvalue weighted by molar-refractivity contribution is 5.77. The van der Waals surface area contributed by atoms with E-state index in [2.05, 4.69) is 68.5 Å². The van der Waals surface area contributed by atoms with E-state index in [1.54, 1.807) is 0 Å². The minimum Gasteiger partial charge on any atom is -0.491 e. The van der Waals surface area contributed by atoms with Gasteiger partial charge in [-0.05, 0) is 115 Å². The summed E-state index contributed by atoms with van der Waals surface area (Å²) >= 11 is 0. The zero-order valence-electron chi connectivity index (χ0n) is 34.8. The number of hydrogen-bond acceptors (Lipinski definition) is 10. The van der Waals surface area contributed by atoms with Gasteiger partial charge in [0, 0.05) is 25.7 Å². The van der Waals surface area contributed by atoms with Gasteiger partial charge in [0.25, 0.3) is 0 Å². The van der Waals surface area contributed by atoms with E-state index < -0.39 is 0 Å². The first kappa shape index (κ1) is 43.2. The molecule has 328 valence electrons. The van der Waals surface area contributed by atoms with E-state index in [0.29, 0.717) is 75.1 Å². The molecule has 4 aromatic carbocycles. The number of benzene rings is 4. The molecule has 0 fully saturated rings. The van der Waals surface area contributed by atoms with Gasteiger partial charge < -0.3 is 74.3 Å². The summed E-state index contributed by atoms with van der Waals surface area (Å²) in [7, 11) is 0. The molecule has 0 unspecified atom stereocenters. The van der Waals surface area contributed by atoms with Crippen molar-refractivity contribution in [3.8, 4) is 23.0 Å². The molecule has 18 nitrogen and oxygen atoms in total. The molecule has 0 saturated heterocycles. The van der Waals surface area contributed by atoms with Crippen molar-refractivity contribution in [2.24, 2.45) is 65.8 Å². The van der Waals surface area contributed by atoms with Gasteiger partial charge >= 0.3 is 0 Å². The van der Waals surface area contributed by atoms with Crippen molar-refractivity contribution < 1.29 is 28.4 Å². The Kier molecular flexibility index (Phi) is 14.0. The maximum Gasteiger partial charge on any atom is 0.186 e. The lowest BCUT2D eigenvalue weighted by atomic mass is 9.88. The fraction of sp³-hybridized carbons (Fsp3) is 0.364. The molecular formula is C44H56N12O6. The lowest BCUT2D eigenvalue weighted by Gasteiger charge is -2.25. The quantitative estimate of drug-likeness (QED) is 0.0615. The zero-order chi connectivity index (χ0) is 43.6. The van der Waals surface area contributed by atoms with Gasteiger partial charge in [-0.2, -0.15) is 0 Å². The van der Waals surface area contributed by atoms with Crippen LogP contribution in [0.2, 0.25) is 0 Å². The lowest BCUT2D eigenvalue weighted by molar-refractivity contribution is 0.0744. The molecule has 4 heterocycles. The molecule has 0 saturated carbocycles. The van der Waals surface area contributed by atoms with Crippen LogP contribution >= 0.6 is 0 Å². The Balaban J connectivity index is 1.61. The predicted molar refractivity (Wildman–Crippen MR) is 239 cm³/mol. The summed E-state index contributed by atoms with van der Waals surface area (Å²) in [6, 6.07) is 16.6. The fourth-order valence-electron chi connectivity index (χ4n) is 8.03. The van der Waals surface area contributed by atoms with E-state index in [1.165, 1.54) is 0 Å². The van der Waals surface area contributed by atoms with Crippen molar-refractivity contribution in [2.45, 2.75) is 51.9 Å². The van der Waals surface area contributed by atoms with Gasteiger partial charge in [-0.15, -0.1) is 0 Å². The number of aliphatic imine (C=N–C) groups is 4. The molecule has 9 rings (SSSR count). The van der Waals surface area contributed by atoms with Crippen LogP contribution in [0.25, 0.3) is 0 Å². The lowest BCUT2D eigenvalue weighted by Crippen LogP contribution is -2.22. The molecule has 16 N–H and O–H groups in total. The van der Waals surface area contributed by atoms with E-state index in [-0.39, 0.29) is 76.4 Å². The number of hydrogen-bond donors (Lipinski definition) is 8. The molecule has 62 heavy (non-hydrogen) atoms. The number of ether oxygens (including phenoxy) is 6. The summed E-state index contributed by atoms with van der Waals surface area (Å²) in [6.45, 7) is 3.25. The summed E-state index contributed by atoms with van der Waals surface area (Å²) < 4.78 is 39.2. The van der Waals surface area contributed by atoms with Crippen molar-refractivity contribution >= 4 is 23.8 Å². The number of fused-ring (bicyclic) bond motifs is 12. The number of rotatable bonds is 8. The van der Waals surface area contributed by atoms with Crippen LogP contribution in [0, 0.1) is 0 Å². The van der Waals surface area contributed by atoms with Gasteiger partial charge in [-0.25, -0.2) is 20.0 Å². The normalized spacial score (nSPS) is 14.8. The van der Waals surface area contributed by atoms with Crippen LogP contribution in [0.15, 0.2) is 68.5 Å². The molecule has 0 radical (unpaired) electrons.